The minimum absolute atomic E-state index is 0.239. The third kappa shape index (κ3) is 2.06. The summed E-state index contributed by atoms with van der Waals surface area (Å²) in [7, 11) is 1.74. The predicted octanol–water partition coefficient (Wildman–Crippen LogP) is 0.925. The molecule has 0 aliphatic heterocycles. The van der Waals surface area contributed by atoms with Crippen LogP contribution in [0.15, 0.2) is 18.6 Å². The van der Waals surface area contributed by atoms with Crippen LogP contribution in [0.5, 0.6) is 0 Å². The Balaban J connectivity index is 2.36. The number of aryl methyl sites for hydroxylation is 2. The first-order chi connectivity index (χ1) is 8.13. The molecule has 17 heavy (non-hydrogen) atoms. The van der Waals surface area contributed by atoms with Crippen LogP contribution in [-0.2, 0) is 20.0 Å². The highest BCUT2D eigenvalue weighted by Crippen LogP contribution is 2.11. The van der Waals surface area contributed by atoms with Crippen LogP contribution in [0.4, 0.5) is 0 Å². The van der Waals surface area contributed by atoms with Gasteiger partial charge in [-0.2, -0.15) is 5.10 Å². The molecular formula is C11H14N4O2. The van der Waals surface area contributed by atoms with E-state index in [2.05, 4.69) is 10.1 Å². The van der Waals surface area contributed by atoms with E-state index in [4.69, 9.17) is 5.11 Å². The topological polar surface area (TPSA) is 72.9 Å². The molecule has 6 heteroatoms. The van der Waals surface area contributed by atoms with E-state index in [1.807, 2.05) is 17.7 Å². The SMILES string of the molecule is CCc1nccn1Cc1c(C(=O)O)cnn1C. The minimum atomic E-state index is -0.953. The van der Waals surface area contributed by atoms with Crippen LogP contribution >= 0.6 is 0 Å². The predicted molar refractivity (Wildman–Crippen MR) is 60.9 cm³/mol. The maximum Gasteiger partial charge on any atom is 0.339 e. The molecule has 2 rings (SSSR count). The van der Waals surface area contributed by atoms with Gasteiger partial charge in [0, 0.05) is 25.9 Å². The molecule has 0 fully saturated rings. The number of imidazole rings is 1. The van der Waals surface area contributed by atoms with Crippen molar-refractivity contribution in [2.45, 2.75) is 19.9 Å². The maximum atomic E-state index is 11.0. The first-order valence-electron chi connectivity index (χ1n) is 5.37. The van der Waals surface area contributed by atoms with Crippen molar-refractivity contribution in [2.75, 3.05) is 0 Å². The lowest BCUT2D eigenvalue weighted by Crippen LogP contribution is -2.11. The number of rotatable bonds is 4. The van der Waals surface area contributed by atoms with Gasteiger partial charge in [-0.15, -0.1) is 0 Å². The van der Waals surface area contributed by atoms with Crippen LogP contribution in [0.3, 0.4) is 0 Å². The van der Waals surface area contributed by atoms with Crippen molar-refractivity contribution in [1.82, 2.24) is 19.3 Å². The van der Waals surface area contributed by atoms with E-state index in [1.165, 1.54) is 6.20 Å². The number of aromatic carboxylic acids is 1. The van der Waals surface area contributed by atoms with Gasteiger partial charge in [-0.3, -0.25) is 4.68 Å². The second-order valence-electron chi connectivity index (χ2n) is 3.76. The van der Waals surface area contributed by atoms with Crippen molar-refractivity contribution in [1.29, 1.82) is 0 Å². The van der Waals surface area contributed by atoms with Crippen LogP contribution in [0, 0.1) is 0 Å². The van der Waals surface area contributed by atoms with Crippen LogP contribution in [0.2, 0.25) is 0 Å². The summed E-state index contributed by atoms with van der Waals surface area (Å²) in [6.45, 7) is 2.49. The van der Waals surface area contributed by atoms with Gasteiger partial charge in [-0.1, -0.05) is 6.92 Å². The molecule has 0 aliphatic rings. The van der Waals surface area contributed by atoms with E-state index in [0.717, 1.165) is 12.2 Å². The Morgan fingerprint density at radius 3 is 2.94 bits per heavy atom. The Hall–Kier alpha value is -2.11. The molecule has 2 aromatic rings. The van der Waals surface area contributed by atoms with Crippen LogP contribution < -0.4 is 0 Å². The first-order valence-corrected chi connectivity index (χ1v) is 5.37. The third-order valence-electron chi connectivity index (χ3n) is 2.73. The average molecular weight is 234 g/mol. The Morgan fingerprint density at radius 1 is 1.53 bits per heavy atom. The molecular weight excluding hydrogens is 220 g/mol. The van der Waals surface area contributed by atoms with Crippen molar-refractivity contribution < 1.29 is 9.90 Å². The molecule has 0 aromatic carbocycles. The summed E-state index contributed by atoms with van der Waals surface area (Å²) in [5, 5.41) is 13.0. The van der Waals surface area contributed by atoms with Crippen LogP contribution in [-0.4, -0.2) is 30.4 Å². The molecule has 0 bridgehead atoms. The zero-order valence-corrected chi connectivity index (χ0v) is 9.79. The van der Waals surface area contributed by atoms with Crippen LogP contribution in [0.1, 0.15) is 28.8 Å². The number of carboxylic acids is 1. The monoisotopic (exact) mass is 234 g/mol. The fourth-order valence-electron chi connectivity index (χ4n) is 1.79. The van der Waals surface area contributed by atoms with E-state index in [9.17, 15) is 4.79 Å². The van der Waals surface area contributed by atoms with Crippen molar-refractivity contribution in [3.63, 3.8) is 0 Å². The number of hydrogen-bond acceptors (Lipinski definition) is 3. The van der Waals surface area contributed by atoms with E-state index in [0.29, 0.717) is 12.2 Å². The lowest BCUT2D eigenvalue weighted by atomic mass is 10.2. The second-order valence-corrected chi connectivity index (χ2v) is 3.76. The largest absolute Gasteiger partial charge is 0.478 e. The highest BCUT2D eigenvalue weighted by atomic mass is 16.4. The van der Waals surface area contributed by atoms with Gasteiger partial charge < -0.3 is 9.67 Å². The van der Waals surface area contributed by atoms with Crippen LogP contribution in [0.25, 0.3) is 0 Å². The second kappa shape index (κ2) is 4.40. The first kappa shape index (κ1) is 11.4. The highest BCUT2D eigenvalue weighted by Gasteiger charge is 2.15. The van der Waals surface area contributed by atoms with E-state index in [-0.39, 0.29) is 5.56 Å². The smallest absolute Gasteiger partial charge is 0.339 e. The zero-order chi connectivity index (χ0) is 12.4. The number of aromatic nitrogens is 4. The molecule has 90 valence electrons. The highest BCUT2D eigenvalue weighted by molar-refractivity contribution is 5.88. The summed E-state index contributed by atoms with van der Waals surface area (Å²) in [6.07, 6.45) is 5.75. The summed E-state index contributed by atoms with van der Waals surface area (Å²) in [5.74, 6) is -0.0196. The Morgan fingerprint density at radius 2 is 2.29 bits per heavy atom. The Bertz CT molecular complexity index is 541. The van der Waals surface area contributed by atoms with Crippen molar-refractivity contribution in [2.24, 2.45) is 7.05 Å². The van der Waals surface area contributed by atoms with Gasteiger partial charge >= 0.3 is 5.97 Å². The summed E-state index contributed by atoms with van der Waals surface area (Å²) in [6, 6.07) is 0. The zero-order valence-electron chi connectivity index (χ0n) is 9.79. The lowest BCUT2D eigenvalue weighted by molar-refractivity contribution is 0.0695. The molecule has 1 N–H and O–H groups in total. The van der Waals surface area contributed by atoms with Gasteiger partial charge in [-0.25, -0.2) is 9.78 Å². The molecule has 2 aromatic heterocycles. The molecule has 0 unspecified atom stereocenters. The van der Waals surface area contributed by atoms with Gasteiger partial charge in [-0.05, 0) is 0 Å². The summed E-state index contributed by atoms with van der Waals surface area (Å²) < 4.78 is 3.52. The number of carbonyl (C=O) groups is 1. The van der Waals surface area contributed by atoms with E-state index < -0.39 is 5.97 Å². The van der Waals surface area contributed by atoms with Gasteiger partial charge in [0.25, 0.3) is 0 Å². The van der Waals surface area contributed by atoms with Gasteiger partial charge in [0.15, 0.2) is 0 Å². The minimum Gasteiger partial charge on any atom is -0.478 e. The fourth-order valence-corrected chi connectivity index (χ4v) is 1.79. The summed E-state index contributed by atoms with van der Waals surface area (Å²) in [5.41, 5.74) is 0.911. The van der Waals surface area contributed by atoms with E-state index in [1.54, 1.807) is 17.9 Å². The molecule has 2 heterocycles. The summed E-state index contributed by atoms with van der Waals surface area (Å²) in [4.78, 5) is 15.2. The molecule has 0 radical (unpaired) electrons. The standard InChI is InChI=1S/C11H14N4O2/c1-3-10-12-4-5-15(10)7-9-8(11(16)17)6-13-14(9)2/h4-6H,3,7H2,1-2H3,(H,16,17). The molecule has 0 saturated heterocycles. The van der Waals surface area contributed by atoms with Crippen molar-refractivity contribution >= 4 is 5.97 Å². The third-order valence-corrected chi connectivity index (χ3v) is 2.73. The average Bonchev–Trinajstić information content (AvgIpc) is 2.87. The Kier molecular flexibility index (Phi) is 2.95. The molecule has 6 nitrogen and oxygen atoms in total. The quantitative estimate of drug-likeness (QED) is 0.854. The fraction of sp³-hybridized carbons (Fsp3) is 0.364. The van der Waals surface area contributed by atoms with E-state index >= 15 is 0 Å². The number of nitrogens with zero attached hydrogens (tertiary/aromatic N) is 4. The molecule has 0 saturated carbocycles. The number of carboxylic acid groups (broad SMARTS) is 1. The normalized spacial score (nSPS) is 10.7. The van der Waals surface area contributed by atoms with Gasteiger partial charge in [0.2, 0.25) is 0 Å². The molecule has 0 atom stereocenters. The number of hydrogen-bond donors (Lipinski definition) is 1. The maximum absolute atomic E-state index is 11.0. The van der Waals surface area contributed by atoms with Gasteiger partial charge in [0.1, 0.15) is 11.4 Å². The van der Waals surface area contributed by atoms with Crippen molar-refractivity contribution in [3.05, 3.63) is 35.7 Å². The molecule has 0 aliphatic carbocycles. The molecule has 0 amide bonds. The lowest BCUT2D eigenvalue weighted by Gasteiger charge is -2.08. The Labute approximate surface area is 98.5 Å². The molecule has 0 spiro atoms. The van der Waals surface area contributed by atoms with Gasteiger partial charge in [0.05, 0.1) is 18.4 Å². The summed E-state index contributed by atoms with van der Waals surface area (Å²) >= 11 is 0. The van der Waals surface area contributed by atoms with Crippen molar-refractivity contribution in [3.8, 4) is 0 Å².